The standard InChI is InChI=1S/C22H25FN4O3/c23-17-12-16(24)4-5-20(17)30-21-11-15-14-27(22-3-1-2-8-29-22)25-18(15)13-19(21)26-6-9-28-10-7-26/h4-5,11-14,22H,1-3,6-10,24H2. The number of benzene rings is 2. The first-order chi connectivity index (χ1) is 14.7. The van der Waals surface area contributed by atoms with Gasteiger partial charge in [-0.25, -0.2) is 9.07 Å². The number of hydrogen-bond acceptors (Lipinski definition) is 6. The second-order valence-corrected chi connectivity index (χ2v) is 7.70. The van der Waals surface area contributed by atoms with Crippen LogP contribution in [0.25, 0.3) is 10.9 Å². The Hall–Kier alpha value is -2.84. The topological polar surface area (TPSA) is 74.8 Å². The second kappa shape index (κ2) is 8.12. The van der Waals surface area contributed by atoms with Crippen molar-refractivity contribution in [2.24, 2.45) is 0 Å². The van der Waals surface area contributed by atoms with Gasteiger partial charge in [-0.05, 0) is 43.5 Å². The van der Waals surface area contributed by atoms with Crippen molar-refractivity contribution < 1.29 is 18.6 Å². The van der Waals surface area contributed by atoms with Gasteiger partial charge in [-0.1, -0.05) is 0 Å². The van der Waals surface area contributed by atoms with Crippen molar-refractivity contribution in [2.45, 2.75) is 25.5 Å². The Labute approximate surface area is 174 Å². The number of aromatic nitrogens is 2. The zero-order chi connectivity index (χ0) is 20.5. The minimum atomic E-state index is -0.491. The van der Waals surface area contributed by atoms with Crippen LogP contribution in [0.2, 0.25) is 0 Å². The molecule has 2 N–H and O–H groups in total. The average Bonchev–Trinajstić information content (AvgIpc) is 3.19. The van der Waals surface area contributed by atoms with Crippen molar-refractivity contribution in [3.8, 4) is 11.5 Å². The van der Waals surface area contributed by atoms with Crippen molar-refractivity contribution in [1.82, 2.24) is 9.78 Å². The Balaban J connectivity index is 1.55. The third kappa shape index (κ3) is 3.80. The highest BCUT2D eigenvalue weighted by Gasteiger charge is 2.22. The number of halogens is 1. The Bertz CT molecular complexity index is 1040. The summed E-state index contributed by atoms with van der Waals surface area (Å²) >= 11 is 0. The van der Waals surface area contributed by atoms with Crippen LogP contribution in [0.15, 0.2) is 36.5 Å². The van der Waals surface area contributed by atoms with E-state index in [4.69, 9.17) is 25.0 Å². The van der Waals surface area contributed by atoms with Gasteiger partial charge in [0.15, 0.2) is 17.3 Å². The molecular weight excluding hydrogens is 387 g/mol. The lowest BCUT2D eigenvalue weighted by atomic mass is 10.2. The first-order valence-corrected chi connectivity index (χ1v) is 10.4. The van der Waals surface area contributed by atoms with Gasteiger partial charge in [-0.3, -0.25) is 0 Å². The molecule has 1 aromatic heterocycles. The van der Waals surface area contributed by atoms with E-state index in [0.717, 1.165) is 55.5 Å². The third-order valence-electron chi connectivity index (χ3n) is 5.58. The minimum absolute atomic E-state index is 0.0445. The van der Waals surface area contributed by atoms with Gasteiger partial charge in [0.05, 0.1) is 24.4 Å². The molecule has 2 aliphatic rings. The van der Waals surface area contributed by atoms with Crippen LogP contribution in [-0.4, -0.2) is 42.7 Å². The van der Waals surface area contributed by atoms with Crippen molar-refractivity contribution in [3.63, 3.8) is 0 Å². The SMILES string of the molecule is Nc1ccc(Oc2cc3cn(C4CCCCO4)nc3cc2N2CCOCC2)c(F)c1. The van der Waals surface area contributed by atoms with Crippen LogP contribution in [-0.2, 0) is 9.47 Å². The maximum Gasteiger partial charge on any atom is 0.167 e. The molecule has 0 spiro atoms. The van der Waals surface area contributed by atoms with Crippen molar-refractivity contribution in [3.05, 3.63) is 42.3 Å². The monoisotopic (exact) mass is 412 g/mol. The molecule has 8 heteroatoms. The molecule has 5 rings (SSSR count). The summed E-state index contributed by atoms with van der Waals surface area (Å²) in [4.78, 5) is 2.18. The number of hydrogen-bond donors (Lipinski definition) is 1. The number of fused-ring (bicyclic) bond motifs is 1. The molecular formula is C22H25FN4O3. The molecule has 30 heavy (non-hydrogen) atoms. The highest BCUT2D eigenvalue weighted by atomic mass is 19.1. The number of nitrogens with two attached hydrogens (primary N) is 1. The zero-order valence-electron chi connectivity index (χ0n) is 16.7. The molecule has 1 atom stereocenters. The predicted molar refractivity (Wildman–Crippen MR) is 112 cm³/mol. The lowest BCUT2D eigenvalue weighted by Crippen LogP contribution is -2.36. The smallest absolute Gasteiger partial charge is 0.167 e. The molecule has 0 aliphatic carbocycles. The quantitative estimate of drug-likeness (QED) is 0.651. The molecule has 2 aromatic carbocycles. The molecule has 1 unspecified atom stereocenters. The normalized spacial score (nSPS) is 19.9. The highest BCUT2D eigenvalue weighted by Crippen LogP contribution is 2.38. The lowest BCUT2D eigenvalue weighted by molar-refractivity contribution is -0.0390. The van der Waals surface area contributed by atoms with Gasteiger partial charge in [-0.2, -0.15) is 5.10 Å². The second-order valence-electron chi connectivity index (χ2n) is 7.70. The van der Waals surface area contributed by atoms with Gasteiger partial charge in [0.25, 0.3) is 0 Å². The van der Waals surface area contributed by atoms with Gasteiger partial charge in [-0.15, -0.1) is 0 Å². The Morgan fingerprint density at radius 2 is 1.93 bits per heavy atom. The summed E-state index contributed by atoms with van der Waals surface area (Å²) in [6.07, 6.45) is 5.09. The van der Waals surface area contributed by atoms with E-state index in [9.17, 15) is 4.39 Å². The first-order valence-electron chi connectivity index (χ1n) is 10.4. The number of rotatable bonds is 4. The molecule has 3 heterocycles. The zero-order valence-corrected chi connectivity index (χ0v) is 16.7. The largest absolute Gasteiger partial charge is 0.452 e. The van der Waals surface area contributed by atoms with E-state index in [0.29, 0.717) is 24.7 Å². The summed E-state index contributed by atoms with van der Waals surface area (Å²) in [7, 11) is 0. The summed E-state index contributed by atoms with van der Waals surface area (Å²) < 4.78 is 33.7. The van der Waals surface area contributed by atoms with Crippen molar-refractivity contribution in [2.75, 3.05) is 43.5 Å². The number of morpholine rings is 1. The maximum atomic E-state index is 14.4. The fraction of sp³-hybridized carbons (Fsp3) is 0.409. The molecule has 0 saturated carbocycles. The summed E-state index contributed by atoms with van der Waals surface area (Å²) in [6, 6.07) is 8.37. The van der Waals surface area contributed by atoms with Gasteiger partial charge in [0.2, 0.25) is 0 Å². The molecule has 2 fully saturated rings. The third-order valence-corrected chi connectivity index (χ3v) is 5.58. The summed E-state index contributed by atoms with van der Waals surface area (Å²) in [6.45, 7) is 3.50. The van der Waals surface area contributed by atoms with E-state index in [1.54, 1.807) is 12.1 Å². The van der Waals surface area contributed by atoms with Gasteiger partial charge < -0.3 is 24.8 Å². The van der Waals surface area contributed by atoms with Crippen LogP contribution >= 0.6 is 0 Å². The van der Waals surface area contributed by atoms with Crippen LogP contribution in [0.4, 0.5) is 15.8 Å². The van der Waals surface area contributed by atoms with Crippen LogP contribution in [0.3, 0.4) is 0 Å². The molecule has 3 aromatic rings. The average molecular weight is 412 g/mol. The van der Waals surface area contributed by atoms with E-state index >= 15 is 0 Å². The molecule has 0 radical (unpaired) electrons. The number of anilines is 2. The van der Waals surface area contributed by atoms with E-state index in [1.807, 2.05) is 23.0 Å². The lowest BCUT2D eigenvalue weighted by Gasteiger charge is -2.30. The maximum absolute atomic E-state index is 14.4. The summed E-state index contributed by atoms with van der Waals surface area (Å²) in [5.41, 5.74) is 7.76. The van der Waals surface area contributed by atoms with E-state index in [-0.39, 0.29) is 12.0 Å². The Morgan fingerprint density at radius 1 is 1.07 bits per heavy atom. The molecule has 0 bridgehead atoms. The summed E-state index contributed by atoms with van der Waals surface area (Å²) in [5.74, 6) is 0.229. The fourth-order valence-corrected chi connectivity index (χ4v) is 3.99. The minimum Gasteiger partial charge on any atom is -0.452 e. The van der Waals surface area contributed by atoms with E-state index in [2.05, 4.69) is 4.90 Å². The van der Waals surface area contributed by atoms with Crippen LogP contribution < -0.4 is 15.4 Å². The summed E-state index contributed by atoms with van der Waals surface area (Å²) in [5, 5.41) is 5.68. The van der Waals surface area contributed by atoms with Crippen LogP contribution in [0, 0.1) is 5.82 Å². The first kappa shape index (κ1) is 19.1. The van der Waals surface area contributed by atoms with E-state index < -0.39 is 5.82 Å². The van der Waals surface area contributed by atoms with Gasteiger partial charge in [0, 0.05) is 43.0 Å². The van der Waals surface area contributed by atoms with Gasteiger partial charge in [0.1, 0.15) is 6.23 Å². The Kier molecular flexibility index (Phi) is 5.18. The number of nitrogen functional groups attached to an aromatic ring is 1. The highest BCUT2D eigenvalue weighted by molar-refractivity contribution is 5.86. The molecule has 2 saturated heterocycles. The Morgan fingerprint density at radius 3 is 2.70 bits per heavy atom. The van der Waals surface area contributed by atoms with Crippen molar-refractivity contribution >= 4 is 22.3 Å². The van der Waals surface area contributed by atoms with Crippen LogP contribution in [0.5, 0.6) is 11.5 Å². The van der Waals surface area contributed by atoms with Crippen molar-refractivity contribution in [1.29, 1.82) is 0 Å². The van der Waals surface area contributed by atoms with Crippen LogP contribution in [0.1, 0.15) is 25.5 Å². The molecule has 158 valence electrons. The molecule has 0 amide bonds. The number of nitrogens with zero attached hydrogens (tertiary/aromatic N) is 3. The van der Waals surface area contributed by atoms with Gasteiger partial charge >= 0.3 is 0 Å². The predicted octanol–water partition coefficient (Wildman–Crippen LogP) is 4.09. The molecule has 2 aliphatic heterocycles. The molecule has 7 nitrogen and oxygen atoms in total. The fourth-order valence-electron chi connectivity index (χ4n) is 3.99. The van der Waals surface area contributed by atoms with E-state index in [1.165, 1.54) is 6.07 Å². The number of ether oxygens (including phenoxy) is 3.